The zero-order valence-corrected chi connectivity index (χ0v) is 5.79. The SMILES string of the molecule is CC([PH+]=O)C(N)=S. The Labute approximate surface area is 49.3 Å². The number of nitrogens with two attached hydrogens (primary N) is 1. The molecule has 0 rings (SSSR count). The summed E-state index contributed by atoms with van der Waals surface area (Å²) in [7, 11) is -0.404. The number of hydrogen-bond donors (Lipinski definition) is 1. The zero-order valence-electron chi connectivity index (χ0n) is 3.97. The lowest BCUT2D eigenvalue weighted by atomic mass is 10.5. The third-order valence-corrected chi connectivity index (χ3v) is 1.83. The van der Waals surface area contributed by atoms with E-state index in [9.17, 15) is 4.57 Å². The summed E-state index contributed by atoms with van der Waals surface area (Å²) in [6.45, 7) is 1.73. The van der Waals surface area contributed by atoms with Crippen LogP contribution in [0.2, 0.25) is 0 Å². The molecule has 0 aliphatic heterocycles. The van der Waals surface area contributed by atoms with Gasteiger partial charge >= 0.3 is 8.46 Å². The summed E-state index contributed by atoms with van der Waals surface area (Å²) >= 11 is 4.50. The van der Waals surface area contributed by atoms with Crippen LogP contribution >= 0.6 is 20.7 Å². The maximum Gasteiger partial charge on any atom is 0.334 e. The molecular weight excluding hydrogens is 129 g/mol. The van der Waals surface area contributed by atoms with Gasteiger partial charge in [0.15, 0.2) is 5.66 Å². The zero-order chi connectivity index (χ0) is 5.86. The summed E-state index contributed by atoms with van der Waals surface area (Å²) in [6, 6.07) is 0. The molecule has 0 saturated carbocycles. The highest BCUT2D eigenvalue weighted by molar-refractivity contribution is 7.80. The number of thiocarbonyl (C=S) groups is 1. The Morgan fingerprint density at radius 1 is 2.00 bits per heavy atom. The van der Waals surface area contributed by atoms with Gasteiger partial charge in [-0.2, -0.15) is 0 Å². The van der Waals surface area contributed by atoms with Crippen molar-refractivity contribution in [2.45, 2.75) is 12.6 Å². The quantitative estimate of drug-likeness (QED) is 0.448. The number of hydrogen-bond acceptors (Lipinski definition) is 2. The van der Waals surface area contributed by atoms with Crippen molar-refractivity contribution in [1.29, 1.82) is 0 Å². The van der Waals surface area contributed by atoms with Crippen molar-refractivity contribution in [3.8, 4) is 0 Å². The van der Waals surface area contributed by atoms with Crippen LogP contribution in [0.15, 0.2) is 0 Å². The molecule has 2 nitrogen and oxygen atoms in total. The molecule has 0 aliphatic carbocycles. The van der Waals surface area contributed by atoms with Crippen LogP contribution in [0, 0.1) is 0 Å². The molecule has 0 aromatic rings. The molecule has 0 aliphatic rings. The second-order valence-electron chi connectivity index (χ2n) is 1.24. The van der Waals surface area contributed by atoms with E-state index >= 15 is 0 Å². The molecular formula is C3H7NOPS+. The maximum atomic E-state index is 9.93. The van der Waals surface area contributed by atoms with Gasteiger partial charge in [0.25, 0.3) is 0 Å². The van der Waals surface area contributed by atoms with E-state index < -0.39 is 8.46 Å². The first kappa shape index (κ1) is 6.99. The highest BCUT2D eigenvalue weighted by atomic mass is 32.1. The second-order valence-corrected chi connectivity index (χ2v) is 2.82. The molecule has 4 heteroatoms. The van der Waals surface area contributed by atoms with Crippen LogP contribution in [0.3, 0.4) is 0 Å². The summed E-state index contributed by atoms with van der Waals surface area (Å²) in [5.74, 6) is 0. The summed E-state index contributed by atoms with van der Waals surface area (Å²) in [4.78, 5) is 0.327. The lowest BCUT2D eigenvalue weighted by Gasteiger charge is -1.85. The average molecular weight is 136 g/mol. The molecule has 7 heavy (non-hydrogen) atoms. The summed E-state index contributed by atoms with van der Waals surface area (Å²) < 4.78 is 9.93. The standard InChI is InChI=1S/C3H6NOPS/c1-2(6-5)3(4)7/h2H,1H3,(H2,4,7)/p+1. The minimum absolute atomic E-state index is 0.116. The average Bonchev–Trinajstić information content (AvgIpc) is 1.65. The van der Waals surface area contributed by atoms with Crippen molar-refractivity contribution < 1.29 is 4.57 Å². The Bertz CT molecular complexity index is 94.9. The first-order chi connectivity index (χ1) is 3.18. The van der Waals surface area contributed by atoms with Crippen LogP contribution in [0.25, 0.3) is 0 Å². The largest absolute Gasteiger partial charge is 0.390 e. The molecule has 2 unspecified atom stereocenters. The van der Waals surface area contributed by atoms with Gasteiger partial charge in [-0.15, -0.1) is 0 Å². The molecule has 0 aromatic heterocycles. The van der Waals surface area contributed by atoms with Crippen molar-refractivity contribution in [2.24, 2.45) is 5.73 Å². The van der Waals surface area contributed by atoms with Gasteiger partial charge in [-0.3, -0.25) is 0 Å². The van der Waals surface area contributed by atoms with E-state index in [0.29, 0.717) is 4.99 Å². The molecule has 2 atom stereocenters. The lowest BCUT2D eigenvalue weighted by molar-refractivity contribution is 0.597. The van der Waals surface area contributed by atoms with Gasteiger partial charge in [-0.25, -0.2) is 0 Å². The van der Waals surface area contributed by atoms with Gasteiger partial charge in [-0.05, 0) is 6.92 Å². The summed E-state index contributed by atoms with van der Waals surface area (Å²) in [5.41, 5.74) is 4.97. The fourth-order valence-electron chi connectivity index (χ4n) is 0.0581. The topological polar surface area (TPSA) is 43.1 Å². The Kier molecular flexibility index (Phi) is 3.05. The van der Waals surface area contributed by atoms with E-state index in [1.54, 1.807) is 6.92 Å². The van der Waals surface area contributed by atoms with Gasteiger partial charge in [-0.1, -0.05) is 16.8 Å². The first-order valence-electron chi connectivity index (χ1n) is 1.85. The molecule has 2 N–H and O–H groups in total. The van der Waals surface area contributed by atoms with Crippen molar-refractivity contribution in [2.75, 3.05) is 0 Å². The first-order valence-corrected chi connectivity index (χ1v) is 3.25. The molecule has 0 radical (unpaired) electrons. The third-order valence-electron chi connectivity index (χ3n) is 0.604. The van der Waals surface area contributed by atoms with E-state index in [2.05, 4.69) is 12.2 Å². The van der Waals surface area contributed by atoms with Gasteiger partial charge in [0, 0.05) is 0 Å². The van der Waals surface area contributed by atoms with E-state index in [4.69, 9.17) is 5.73 Å². The van der Waals surface area contributed by atoms with Crippen molar-refractivity contribution in [3.63, 3.8) is 0 Å². The molecule has 0 heterocycles. The van der Waals surface area contributed by atoms with Gasteiger partial charge in [0.1, 0.15) is 4.99 Å². The van der Waals surface area contributed by atoms with E-state index in [-0.39, 0.29) is 5.66 Å². The van der Waals surface area contributed by atoms with Crippen LogP contribution in [0.1, 0.15) is 6.92 Å². The summed E-state index contributed by atoms with van der Waals surface area (Å²) in [5, 5.41) is 0. The van der Waals surface area contributed by atoms with Crippen molar-refractivity contribution >= 4 is 25.7 Å². The Hall–Kier alpha value is -0.0100. The Morgan fingerprint density at radius 2 is 2.43 bits per heavy atom. The monoisotopic (exact) mass is 136 g/mol. The molecule has 0 bridgehead atoms. The predicted molar refractivity (Wildman–Crippen MR) is 35.2 cm³/mol. The van der Waals surface area contributed by atoms with E-state index in [1.165, 1.54) is 0 Å². The van der Waals surface area contributed by atoms with Gasteiger partial charge in [0.2, 0.25) is 0 Å². The van der Waals surface area contributed by atoms with Crippen LogP contribution < -0.4 is 5.73 Å². The van der Waals surface area contributed by atoms with Crippen molar-refractivity contribution in [1.82, 2.24) is 0 Å². The molecule has 0 aromatic carbocycles. The van der Waals surface area contributed by atoms with Gasteiger partial charge < -0.3 is 5.73 Å². The number of rotatable bonds is 2. The van der Waals surface area contributed by atoms with E-state index in [0.717, 1.165) is 0 Å². The molecule has 0 saturated heterocycles. The smallest absolute Gasteiger partial charge is 0.334 e. The third kappa shape index (κ3) is 2.66. The Balaban J connectivity index is 3.55. The fraction of sp³-hybridized carbons (Fsp3) is 0.667. The lowest BCUT2D eigenvalue weighted by Crippen LogP contribution is -2.17. The highest BCUT2D eigenvalue weighted by Crippen LogP contribution is 2.03. The van der Waals surface area contributed by atoms with Crippen LogP contribution in [-0.4, -0.2) is 10.6 Å². The van der Waals surface area contributed by atoms with E-state index in [1.807, 2.05) is 0 Å². The van der Waals surface area contributed by atoms with Crippen LogP contribution in [-0.2, 0) is 4.57 Å². The maximum absolute atomic E-state index is 9.93. The van der Waals surface area contributed by atoms with Crippen molar-refractivity contribution in [3.05, 3.63) is 0 Å². The fourth-order valence-corrected chi connectivity index (χ4v) is 0.319. The van der Waals surface area contributed by atoms with Crippen LogP contribution in [0.4, 0.5) is 0 Å². The normalized spacial score (nSPS) is 13.9. The predicted octanol–water partition coefficient (Wildman–Crippen LogP) is 0.685. The molecule has 0 spiro atoms. The molecule has 0 amide bonds. The van der Waals surface area contributed by atoms with Crippen LogP contribution in [0.5, 0.6) is 0 Å². The summed E-state index contributed by atoms with van der Waals surface area (Å²) in [6.07, 6.45) is 0. The highest BCUT2D eigenvalue weighted by Gasteiger charge is 2.09. The molecule has 40 valence electrons. The molecule has 0 fully saturated rings. The van der Waals surface area contributed by atoms with Gasteiger partial charge in [0.05, 0.1) is 0 Å². The minimum Gasteiger partial charge on any atom is -0.390 e. The Morgan fingerprint density at radius 3 is 2.43 bits per heavy atom. The second kappa shape index (κ2) is 3.05. The minimum atomic E-state index is -0.404.